The molecule has 3 heteroatoms. The lowest BCUT2D eigenvalue weighted by Crippen LogP contribution is -1.99. The Kier molecular flexibility index (Phi) is 5.16. The Balaban J connectivity index is 2.00. The highest BCUT2D eigenvalue weighted by Crippen LogP contribution is 2.14. The topological polar surface area (TPSA) is 42.4 Å². The minimum Gasteiger partial charge on any atom is -0.487 e. The van der Waals surface area contributed by atoms with Gasteiger partial charge in [0.05, 0.1) is 12.3 Å². The van der Waals surface area contributed by atoms with Gasteiger partial charge in [0.2, 0.25) is 0 Å². The Hall–Kier alpha value is -2.31. The van der Waals surface area contributed by atoms with Crippen molar-refractivity contribution in [1.82, 2.24) is 4.98 Å². The van der Waals surface area contributed by atoms with Crippen molar-refractivity contribution in [3.8, 4) is 17.6 Å². The van der Waals surface area contributed by atoms with Gasteiger partial charge in [0.1, 0.15) is 12.4 Å². The fourth-order valence-corrected chi connectivity index (χ4v) is 1.72. The lowest BCUT2D eigenvalue weighted by Gasteiger charge is -2.06. The Morgan fingerprint density at radius 3 is 2.85 bits per heavy atom. The van der Waals surface area contributed by atoms with Crippen molar-refractivity contribution in [2.45, 2.75) is 20.0 Å². The molecule has 0 amide bonds. The summed E-state index contributed by atoms with van der Waals surface area (Å²) in [5.74, 6) is 6.65. The highest BCUT2D eigenvalue weighted by Gasteiger charge is 1.98. The van der Waals surface area contributed by atoms with Crippen LogP contribution < -0.4 is 4.74 Å². The molecule has 2 aromatic rings. The molecule has 1 aromatic carbocycles. The van der Waals surface area contributed by atoms with Crippen molar-refractivity contribution in [1.29, 1.82) is 0 Å². The summed E-state index contributed by atoms with van der Waals surface area (Å²) < 4.78 is 5.71. The zero-order valence-corrected chi connectivity index (χ0v) is 11.5. The van der Waals surface area contributed by atoms with Crippen molar-refractivity contribution in [3.05, 3.63) is 59.4 Å². The molecule has 0 atom stereocenters. The Bertz CT molecular complexity index is 626. The molecular weight excluding hydrogens is 250 g/mol. The lowest BCUT2D eigenvalue weighted by atomic mass is 10.2. The molecule has 0 bridgehead atoms. The molecule has 1 aromatic heterocycles. The maximum Gasteiger partial charge on any atom is 0.130 e. The first-order chi connectivity index (χ1) is 9.78. The van der Waals surface area contributed by atoms with Gasteiger partial charge >= 0.3 is 0 Å². The van der Waals surface area contributed by atoms with Crippen LogP contribution in [-0.4, -0.2) is 16.7 Å². The quantitative estimate of drug-likeness (QED) is 0.866. The van der Waals surface area contributed by atoms with Crippen LogP contribution in [0.4, 0.5) is 0 Å². The van der Waals surface area contributed by atoms with Gasteiger partial charge in [-0.1, -0.05) is 24.0 Å². The summed E-state index contributed by atoms with van der Waals surface area (Å²) in [5, 5.41) is 8.70. The molecule has 0 radical (unpaired) electrons. The predicted octanol–water partition coefficient (Wildman–Crippen LogP) is 2.70. The van der Waals surface area contributed by atoms with E-state index >= 15 is 0 Å². The first kappa shape index (κ1) is 14.1. The smallest absolute Gasteiger partial charge is 0.130 e. The number of hydrogen-bond donors (Lipinski definition) is 1. The van der Waals surface area contributed by atoms with E-state index in [1.54, 1.807) is 0 Å². The molecule has 1 heterocycles. The Morgan fingerprint density at radius 1 is 1.20 bits per heavy atom. The summed E-state index contributed by atoms with van der Waals surface area (Å²) in [7, 11) is 0. The summed E-state index contributed by atoms with van der Waals surface area (Å²) in [4.78, 5) is 4.39. The molecule has 0 fully saturated rings. The van der Waals surface area contributed by atoms with E-state index in [1.165, 1.54) is 0 Å². The van der Waals surface area contributed by atoms with Crippen LogP contribution in [0.5, 0.6) is 5.75 Å². The Labute approximate surface area is 119 Å². The van der Waals surface area contributed by atoms with E-state index in [0.717, 1.165) is 22.7 Å². The molecule has 2 rings (SSSR count). The number of rotatable bonds is 4. The molecular formula is C17H17NO2. The second-order valence-corrected chi connectivity index (χ2v) is 4.36. The van der Waals surface area contributed by atoms with Crippen LogP contribution in [-0.2, 0) is 6.61 Å². The van der Waals surface area contributed by atoms with E-state index in [2.05, 4.69) is 16.8 Å². The second kappa shape index (κ2) is 7.32. The number of hydrogen-bond acceptors (Lipinski definition) is 3. The molecule has 0 aliphatic rings. The molecule has 102 valence electrons. The second-order valence-electron chi connectivity index (χ2n) is 4.36. The van der Waals surface area contributed by atoms with Gasteiger partial charge in [0.15, 0.2) is 0 Å². The molecule has 1 N–H and O–H groups in total. The molecule has 0 aliphatic carbocycles. The zero-order valence-electron chi connectivity index (χ0n) is 11.5. The molecule has 20 heavy (non-hydrogen) atoms. The summed E-state index contributed by atoms with van der Waals surface area (Å²) in [5.41, 5.74) is 2.77. The predicted molar refractivity (Wildman–Crippen MR) is 78.3 cm³/mol. The first-order valence-electron chi connectivity index (χ1n) is 6.53. The number of aliphatic hydroxyl groups excluding tert-OH is 1. The number of pyridine rings is 1. The van der Waals surface area contributed by atoms with Crippen molar-refractivity contribution in [3.63, 3.8) is 0 Å². The minimum absolute atomic E-state index is 0.0855. The van der Waals surface area contributed by atoms with Crippen LogP contribution in [0.3, 0.4) is 0 Å². The normalized spacial score (nSPS) is 9.70. The van der Waals surface area contributed by atoms with Gasteiger partial charge < -0.3 is 9.84 Å². The summed E-state index contributed by atoms with van der Waals surface area (Å²) >= 11 is 0. The molecule has 0 unspecified atom stereocenters. The lowest BCUT2D eigenvalue weighted by molar-refractivity contribution is 0.301. The third kappa shape index (κ3) is 4.42. The van der Waals surface area contributed by atoms with Crippen LogP contribution in [0.15, 0.2) is 42.5 Å². The van der Waals surface area contributed by atoms with Crippen LogP contribution >= 0.6 is 0 Å². The third-order valence-electron chi connectivity index (χ3n) is 2.64. The maximum atomic E-state index is 8.70. The van der Waals surface area contributed by atoms with Gasteiger partial charge in [0, 0.05) is 17.7 Å². The fourth-order valence-electron chi connectivity index (χ4n) is 1.72. The first-order valence-corrected chi connectivity index (χ1v) is 6.53. The average Bonchev–Trinajstić information content (AvgIpc) is 2.46. The van der Waals surface area contributed by atoms with E-state index in [4.69, 9.17) is 9.84 Å². The molecule has 3 nitrogen and oxygen atoms in total. The van der Waals surface area contributed by atoms with E-state index < -0.39 is 0 Å². The van der Waals surface area contributed by atoms with Crippen LogP contribution in [0.25, 0.3) is 0 Å². The molecule has 0 spiro atoms. The minimum atomic E-state index is 0.0855. The monoisotopic (exact) mass is 267 g/mol. The zero-order chi connectivity index (χ0) is 14.2. The largest absolute Gasteiger partial charge is 0.487 e. The van der Waals surface area contributed by atoms with Crippen molar-refractivity contribution in [2.24, 2.45) is 0 Å². The van der Waals surface area contributed by atoms with Gasteiger partial charge in [0.25, 0.3) is 0 Å². The van der Waals surface area contributed by atoms with Crippen LogP contribution in [0.1, 0.15) is 23.4 Å². The van der Waals surface area contributed by atoms with Gasteiger partial charge in [-0.15, -0.1) is 0 Å². The van der Waals surface area contributed by atoms with E-state index in [1.807, 2.05) is 49.4 Å². The van der Waals surface area contributed by atoms with Gasteiger partial charge in [-0.05, 0) is 37.3 Å². The fraction of sp³-hybridized carbons (Fsp3) is 0.235. The van der Waals surface area contributed by atoms with Gasteiger partial charge in [-0.2, -0.15) is 0 Å². The summed E-state index contributed by atoms with van der Waals surface area (Å²) in [6.07, 6.45) is 0.484. The van der Waals surface area contributed by atoms with Crippen molar-refractivity contribution >= 4 is 0 Å². The molecule has 0 saturated heterocycles. The van der Waals surface area contributed by atoms with Gasteiger partial charge in [-0.25, -0.2) is 0 Å². The number of benzene rings is 1. The SMILES string of the molecule is Cc1cccc(COc2cccc(C#CCCO)c2)n1. The summed E-state index contributed by atoms with van der Waals surface area (Å²) in [6.45, 7) is 2.48. The van der Waals surface area contributed by atoms with E-state index in [0.29, 0.717) is 13.0 Å². The number of aliphatic hydroxyl groups is 1. The van der Waals surface area contributed by atoms with E-state index in [-0.39, 0.29) is 6.61 Å². The van der Waals surface area contributed by atoms with Gasteiger partial charge in [-0.3, -0.25) is 4.98 Å². The highest BCUT2D eigenvalue weighted by atomic mass is 16.5. The average molecular weight is 267 g/mol. The number of ether oxygens (including phenoxy) is 1. The number of aromatic nitrogens is 1. The third-order valence-corrected chi connectivity index (χ3v) is 2.64. The number of nitrogens with zero attached hydrogens (tertiary/aromatic N) is 1. The van der Waals surface area contributed by atoms with Crippen LogP contribution in [0.2, 0.25) is 0 Å². The standard InChI is InChI=1S/C17H17NO2/c1-14-6-4-9-16(18-14)13-20-17-10-5-8-15(12-17)7-2-3-11-19/h4-6,8-10,12,19H,3,11,13H2,1H3. The Morgan fingerprint density at radius 2 is 2.05 bits per heavy atom. The molecule has 0 aliphatic heterocycles. The van der Waals surface area contributed by atoms with Crippen molar-refractivity contribution < 1.29 is 9.84 Å². The highest BCUT2D eigenvalue weighted by molar-refractivity contribution is 5.39. The summed E-state index contributed by atoms with van der Waals surface area (Å²) in [6, 6.07) is 13.5. The van der Waals surface area contributed by atoms with E-state index in [9.17, 15) is 0 Å². The molecule has 0 saturated carbocycles. The number of aryl methyl sites for hydroxylation is 1. The van der Waals surface area contributed by atoms with Crippen molar-refractivity contribution in [2.75, 3.05) is 6.61 Å². The van der Waals surface area contributed by atoms with Crippen LogP contribution in [0, 0.1) is 18.8 Å². The maximum absolute atomic E-state index is 8.70.